The Morgan fingerprint density at radius 2 is 1.92 bits per heavy atom. The van der Waals surface area contributed by atoms with Gasteiger partial charge in [-0.3, -0.25) is 4.90 Å². The summed E-state index contributed by atoms with van der Waals surface area (Å²) in [5, 5.41) is 14.4. The Bertz CT molecular complexity index is 625. The number of aromatic nitrogens is 2. The van der Waals surface area contributed by atoms with Crippen LogP contribution >= 0.6 is 0 Å². The third-order valence-corrected chi connectivity index (χ3v) is 4.33. The summed E-state index contributed by atoms with van der Waals surface area (Å²) < 4.78 is 5.31. The van der Waals surface area contributed by atoms with E-state index < -0.39 is 6.10 Å². The summed E-state index contributed by atoms with van der Waals surface area (Å²) in [6.07, 6.45) is -0.447. The summed E-state index contributed by atoms with van der Waals surface area (Å²) in [6, 6.07) is 9.67. The molecule has 0 radical (unpaired) electrons. The van der Waals surface area contributed by atoms with Crippen molar-refractivity contribution in [2.45, 2.75) is 6.10 Å². The normalized spacial score (nSPS) is 17.8. The fourth-order valence-corrected chi connectivity index (χ4v) is 2.85. The van der Waals surface area contributed by atoms with Crippen molar-refractivity contribution >= 4 is 5.95 Å². The first kappa shape index (κ1) is 16.9. The number of rotatable bonds is 6. The van der Waals surface area contributed by atoms with Gasteiger partial charge >= 0.3 is 0 Å². The molecule has 0 spiro atoms. The third-order valence-electron chi connectivity index (χ3n) is 4.33. The molecule has 0 aliphatic carbocycles. The van der Waals surface area contributed by atoms with Crippen molar-refractivity contribution in [3.8, 4) is 11.5 Å². The number of piperazine rings is 1. The van der Waals surface area contributed by atoms with Crippen molar-refractivity contribution in [1.82, 2.24) is 19.9 Å². The fourth-order valence-electron chi connectivity index (χ4n) is 2.85. The van der Waals surface area contributed by atoms with Crippen molar-refractivity contribution < 1.29 is 9.63 Å². The summed E-state index contributed by atoms with van der Waals surface area (Å²) >= 11 is 0. The molecular formula is C17H25N5O2. The Morgan fingerprint density at radius 3 is 2.62 bits per heavy atom. The monoisotopic (exact) mass is 331 g/mol. The number of likely N-dealkylation sites (N-methyl/N-ethyl adjacent to an activating group) is 2. The van der Waals surface area contributed by atoms with E-state index in [1.807, 2.05) is 42.3 Å². The van der Waals surface area contributed by atoms with E-state index in [9.17, 15) is 5.11 Å². The molecule has 2 aromatic rings. The molecule has 1 aliphatic heterocycles. The molecule has 1 aromatic carbocycles. The maximum Gasteiger partial charge on any atom is 0.266 e. The highest BCUT2D eigenvalue weighted by Crippen LogP contribution is 2.19. The second-order valence-corrected chi connectivity index (χ2v) is 6.40. The van der Waals surface area contributed by atoms with E-state index in [1.165, 1.54) is 0 Å². The zero-order chi connectivity index (χ0) is 16.9. The topological polar surface area (TPSA) is 68.9 Å². The van der Waals surface area contributed by atoms with Crippen molar-refractivity contribution in [2.75, 3.05) is 58.3 Å². The van der Waals surface area contributed by atoms with Crippen molar-refractivity contribution in [3.63, 3.8) is 0 Å². The maximum atomic E-state index is 10.3. The number of hydrogen-bond acceptors (Lipinski definition) is 7. The number of β-amino-alcohol motifs (C(OH)–C–C–N with tert-alkyl or cyclic N) is 1. The number of anilines is 1. The van der Waals surface area contributed by atoms with E-state index in [0.29, 0.717) is 24.9 Å². The van der Waals surface area contributed by atoms with E-state index in [-0.39, 0.29) is 0 Å². The molecule has 0 bridgehead atoms. The Kier molecular flexibility index (Phi) is 5.44. The second kappa shape index (κ2) is 7.74. The number of nitrogens with zero attached hydrogens (tertiary/aromatic N) is 5. The van der Waals surface area contributed by atoms with Gasteiger partial charge in [0.1, 0.15) is 0 Å². The van der Waals surface area contributed by atoms with Crippen LogP contribution in [0.1, 0.15) is 0 Å². The SMILES string of the molecule is CN1CCN(CC(O)CN(C)c2noc(-c3ccccc3)n2)CC1. The summed E-state index contributed by atoms with van der Waals surface area (Å²) in [5.74, 6) is 0.984. The highest BCUT2D eigenvalue weighted by Gasteiger charge is 2.20. The number of aliphatic hydroxyl groups excluding tert-OH is 1. The van der Waals surface area contributed by atoms with Gasteiger partial charge in [-0.15, -0.1) is 0 Å². The Hall–Kier alpha value is -1.96. The number of benzene rings is 1. The quantitative estimate of drug-likeness (QED) is 0.839. The molecule has 0 saturated carbocycles. The van der Waals surface area contributed by atoms with E-state index >= 15 is 0 Å². The Balaban J connectivity index is 1.53. The van der Waals surface area contributed by atoms with Crippen LogP contribution in [0.3, 0.4) is 0 Å². The van der Waals surface area contributed by atoms with Gasteiger partial charge in [-0.1, -0.05) is 18.2 Å². The molecule has 1 fully saturated rings. The van der Waals surface area contributed by atoms with Gasteiger partial charge in [-0.2, -0.15) is 4.98 Å². The Labute approximate surface area is 142 Å². The minimum absolute atomic E-state index is 0.447. The molecule has 3 rings (SSSR count). The first-order chi connectivity index (χ1) is 11.6. The molecule has 0 amide bonds. The maximum absolute atomic E-state index is 10.3. The van der Waals surface area contributed by atoms with Gasteiger partial charge in [-0.05, 0) is 24.3 Å². The van der Waals surface area contributed by atoms with Crippen LogP contribution < -0.4 is 4.90 Å². The molecular weight excluding hydrogens is 306 g/mol. The van der Waals surface area contributed by atoms with Crippen LogP contribution in [0.2, 0.25) is 0 Å². The van der Waals surface area contributed by atoms with Crippen LogP contribution in [-0.2, 0) is 0 Å². The van der Waals surface area contributed by atoms with Crippen molar-refractivity contribution in [2.24, 2.45) is 0 Å². The molecule has 1 atom stereocenters. The van der Waals surface area contributed by atoms with E-state index in [4.69, 9.17) is 4.52 Å². The minimum atomic E-state index is -0.447. The highest BCUT2D eigenvalue weighted by molar-refractivity contribution is 5.53. The standard InChI is InChI=1S/C17H25N5O2/c1-20-8-10-22(11-9-20)13-15(23)12-21(2)17-18-16(24-19-17)14-6-4-3-5-7-14/h3-7,15,23H,8-13H2,1-2H3. The average Bonchev–Trinajstić information content (AvgIpc) is 3.08. The molecule has 1 saturated heterocycles. The predicted octanol–water partition coefficient (Wildman–Crippen LogP) is 0.781. The van der Waals surface area contributed by atoms with Crippen LogP contribution in [0.25, 0.3) is 11.5 Å². The lowest BCUT2D eigenvalue weighted by atomic mass is 10.2. The van der Waals surface area contributed by atoms with Gasteiger partial charge in [0.15, 0.2) is 0 Å². The highest BCUT2D eigenvalue weighted by atomic mass is 16.5. The van der Waals surface area contributed by atoms with Crippen molar-refractivity contribution in [3.05, 3.63) is 30.3 Å². The first-order valence-electron chi connectivity index (χ1n) is 8.31. The van der Waals surface area contributed by atoms with Gasteiger partial charge in [0, 0.05) is 51.9 Å². The van der Waals surface area contributed by atoms with Crippen LogP contribution in [0.15, 0.2) is 34.9 Å². The summed E-state index contributed by atoms with van der Waals surface area (Å²) in [5.41, 5.74) is 0.891. The fraction of sp³-hybridized carbons (Fsp3) is 0.529. The summed E-state index contributed by atoms with van der Waals surface area (Å²) in [6.45, 7) is 5.23. The lowest BCUT2D eigenvalue weighted by molar-refractivity contribution is 0.0841. The second-order valence-electron chi connectivity index (χ2n) is 6.40. The largest absolute Gasteiger partial charge is 0.390 e. The van der Waals surface area contributed by atoms with Crippen LogP contribution in [-0.4, -0.2) is 84.5 Å². The molecule has 130 valence electrons. The van der Waals surface area contributed by atoms with Gasteiger partial charge in [-0.25, -0.2) is 0 Å². The predicted molar refractivity (Wildman–Crippen MR) is 92.9 cm³/mol. The van der Waals surface area contributed by atoms with E-state index in [2.05, 4.69) is 27.0 Å². The molecule has 24 heavy (non-hydrogen) atoms. The first-order valence-corrected chi connectivity index (χ1v) is 8.31. The molecule has 1 aliphatic rings. The smallest absolute Gasteiger partial charge is 0.266 e. The van der Waals surface area contributed by atoms with Gasteiger partial charge < -0.3 is 19.4 Å². The average molecular weight is 331 g/mol. The third kappa shape index (κ3) is 4.31. The summed E-state index contributed by atoms with van der Waals surface area (Å²) in [7, 11) is 3.99. The molecule has 7 heteroatoms. The van der Waals surface area contributed by atoms with Gasteiger partial charge in [0.05, 0.1) is 6.10 Å². The van der Waals surface area contributed by atoms with E-state index in [1.54, 1.807) is 0 Å². The zero-order valence-electron chi connectivity index (χ0n) is 14.3. The number of hydrogen-bond donors (Lipinski definition) is 1. The molecule has 1 aromatic heterocycles. The molecule has 2 heterocycles. The zero-order valence-corrected chi connectivity index (χ0v) is 14.3. The Morgan fingerprint density at radius 1 is 1.21 bits per heavy atom. The molecule has 7 nitrogen and oxygen atoms in total. The lowest BCUT2D eigenvalue weighted by Crippen LogP contribution is -2.48. The van der Waals surface area contributed by atoms with Crippen LogP contribution in [0.5, 0.6) is 0 Å². The minimum Gasteiger partial charge on any atom is -0.390 e. The summed E-state index contributed by atoms with van der Waals surface area (Å²) in [4.78, 5) is 10.8. The number of aliphatic hydroxyl groups is 1. The lowest BCUT2D eigenvalue weighted by Gasteiger charge is -2.34. The van der Waals surface area contributed by atoms with Crippen LogP contribution in [0.4, 0.5) is 5.95 Å². The van der Waals surface area contributed by atoms with Crippen molar-refractivity contribution in [1.29, 1.82) is 0 Å². The van der Waals surface area contributed by atoms with E-state index in [0.717, 1.165) is 31.7 Å². The molecule has 1 N–H and O–H groups in total. The van der Waals surface area contributed by atoms with Crippen LogP contribution in [0, 0.1) is 0 Å². The van der Waals surface area contributed by atoms with Gasteiger partial charge in [0.25, 0.3) is 11.8 Å². The van der Waals surface area contributed by atoms with Gasteiger partial charge in [0.2, 0.25) is 0 Å². The molecule has 1 unspecified atom stereocenters.